The molecule has 2 aliphatic rings. The largest absolute Gasteiger partial charge is 0.338 e. The zero-order chi connectivity index (χ0) is 22.2. The molecule has 0 N–H and O–H groups in total. The molecule has 160 valence electrons. The Bertz CT molecular complexity index is 1330. The van der Waals surface area contributed by atoms with Gasteiger partial charge in [-0.25, -0.2) is 4.99 Å². The summed E-state index contributed by atoms with van der Waals surface area (Å²) >= 11 is 9.21. The molecule has 2 aromatic carbocycles. The number of allylic oxidation sites excluding steroid dienone is 2. The summed E-state index contributed by atoms with van der Waals surface area (Å²) in [7, 11) is 2.00. The molecule has 3 heterocycles. The molecule has 5 nitrogen and oxygen atoms in total. The van der Waals surface area contributed by atoms with Crippen molar-refractivity contribution in [2.24, 2.45) is 4.99 Å². The van der Waals surface area contributed by atoms with E-state index in [-0.39, 0.29) is 5.91 Å². The number of carbonyl (C=O) groups is 1. The fourth-order valence-electron chi connectivity index (χ4n) is 3.56. The van der Waals surface area contributed by atoms with E-state index in [0.717, 1.165) is 32.2 Å². The lowest BCUT2D eigenvalue weighted by molar-refractivity contribution is -0.122. The molecule has 0 unspecified atom stereocenters. The smallest absolute Gasteiger partial charge is 0.266 e. The number of nitrogens with zero attached hydrogens (tertiary/aromatic N) is 4. The van der Waals surface area contributed by atoms with Gasteiger partial charge in [-0.1, -0.05) is 29.4 Å². The number of benzene rings is 2. The van der Waals surface area contributed by atoms with Crippen molar-refractivity contribution >= 4 is 68.5 Å². The Morgan fingerprint density at radius 1 is 1.12 bits per heavy atom. The molecule has 0 spiro atoms. The van der Waals surface area contributed by atoms with Gasteiger partial charge in [0.15, 0.2) is 5.17 Å². The Morgan fingerprint density at radius 3 is 2.84 bits per heavy atom. The maximum Gasteiger partial charge on any atom is 0.266 e. The Balaban J connectivity index is 1.42. The van der Waals surface area contributed by atoms with Gasteiger partial charge in [0.1, 0.15) is 0 Å². The zero-order valence-corrected chi connectivity index (χ0v) is 19.8. The SMILES string of the molecule is CCN1C(=O)/C(=C/C=C2/Sc3ccc(Cl)cc3N2C)SC1=Nc1ccc2ncccc2c1. The first-order valence-corrected chi connectivity index (χ1v) is 12.1. The fraction of sp³-hybridized carbons (Fsp3) is 0.125. The van der Waals surface area contributed by atoms with Gasteiger partial charge < -0.3 is 4.90 Å². The van der Waals surface area contributed by atoms with Crippen LogP contribution in [-0.4, -0.2) is 34.6 Å². The normalized spacial score (nSPS) is 19.7. The summed E-state index contributed by atoms with van der Waals surface area (Å²) in [4.78, 5) is 27.7. The monoisotopic (exact) mass is 478 g/mol. The average Bonchev–Trinajstić information content (AvgIpc) is 3.27. The number of halogens is 1. The van der Waals surface area contributed by atoms with E-state index in [2.05, 4.69) is 9.88 Å². The number of aromatic nitrogens is 1. The predicted molar refractivity (Wildman–Crippen MR) is 136 cm³/mol. The first kappa shape index (κ1) is 21.1. The molecule has 0 radical (unpaired) electrons. The summed E-state index contributed by atoms with van der Waals surface area (Å²) in [6, 6.07) is 15.6. The summed E-state index contributed by atoms with van der Waals surface area (Å²) in [6.45, 7) is 2.52. The second-order valence-electron chi connectivity index (χ2n) is 7.24. The van der Waals surface area contributed by atoms with Crippen LogP contribution in [0, 0.1) is 0 Å². The van der Waals surface area contributed by atoms with E-state index in [1.165, 1.54) is 11.8 Å². The number of fused-ring (bicyclic) bond motifs is 2. The Morgan fingerprint density at radius 2 is 2.00 bits per heavy atom. The molecule has 2 aliphatic heterocycles. The van der Waals surface area contributed by atoms with Crippen molar-refractivity contribution in [3.05, 3.63) is 81.8 Å². The molecule has 0 saturated carbocycles. The Hall–Kier alpha value is -2.74. The van der Waals surface area contributed by atoms with Crippen molar-refractivity contribution in [2.75, 3.05) is 18.5 Å². The van der Waals surface area contributed by atoms with Crippen LogP contribution in [0.4, 0.5) is 11.4 Å². The number of thioether (sulfide) groups is 2. The van der Waals surface area contributed by atoms with Crippen LogP contribution in [0.3, 0.4) is 0 Å². The van der Waals surface area contributed by atoms with Gasteiger partial charge in [0.2, 0.25) is 0 Å². The van der Waals surface area contributed by atoms with Gasteiger partial charge in [-0.3, -0.25) is 14.7 Å². The van der Waals surface area contributed by atoms with E-state index in [0.29, 0.717) is 21.6 Å². The average molecular weight is 479 g/mol. The molecular formula is C24H19ClN4OS2. The number of hydrogen-bond donors (Lipinski definition) is 0. The minimum Gasteiger partial charge on any atom is -0.338 e. The number of aliphatic imine (C=N–C) groups is 1. The van der Waals surface area contributed by atoms with Crippen molar-refractivity contribution in [1.29, 1.82) is 0 Å². The second-order valence-corrected chi connectivity index (χ2v) is 9.74. The molecule has 5 rings (SSSR count). The standard InChI is InChI=1S/C24H19ClN4OS2/c1-3-29-23(30)21(10-11-22-28(2)19-14-16(25)6-9-20(19)31-22)32-24(29)27-17-7-8-18-15(13-17)5-4-12-26-18/h4-14H,3H2,1-2H3/b21-10-,22-11+,27-24?. The highest BCUT2D eigenvalue weighted by molar-refractivity contribution is 8.18. The first-order chi connectivity index (χ1) is 15.5. The molecule has 0 bridgehead atoms. The minimum atomic E-state index is -0.0261. The predicted octanol–water partition coefficient (Wildman–Crippen LogP) is 6.44. The number of pyridine rings is 1. The molecule has 1 saturated heterocycles. The van der Waals surface area contributed by atoms with E-state index in [4.69, 9.17) is 16.6 Å². The molecular weight excluding hydrogens is 460 g/mol. The van der Waals surface area contributed by atoms with Crippen molar-refractivity contribution in [3.63, 3.8) is 0 Å². The van der Waals surface area contributed by atoms with Crippen LogP contribution in [0.1, 0.15) is 6.92 Å². The van der Waals surface area contributed by atoms with Crippen LogP contribution in [0.2, 0.25) is 5.02 Å². The van der Waals surface area contributed by atoms with Crippen molar-refractivity contribution in [3.8, 4) is 0 Å². The molecule has 8 heteroatoms. The molecule has 32 heavy (non-hydrogen) atoms. The Kier molecular flexibility index (Phi) is 5.71. The number of amides is 1. The van der Waals surface area contributed by atoms with Gasteiger partial charge in [0, 0.05) is 35.1 Å². The van der Waals surface area contributed by atoms with E-state index in [9.17, 15) is 4.79 Å². The lowest BCUT2D eigenvalue weighted by Gasteiger charge is -2.13. The van der Waals surface area contributed by atoms with Crippen LogP contribution in [-0.2, 0) is 4.79 Å². The minimum absolute atomic E-state index is 0.0261. The van der Waals surface area contributed by atoms with Crippen LogP contribution in [0.15, 0.2) is 86.7 Å². The van der Waals surface area contributed by atoms with Crippen LogP contribution >= 0.6 is 35.1 Å². The summed E-state index contributed by atoms with van der Waals surface area (Å²) < 4.78 is 0. The van der Waals surface area contributed by atoms with Crippen LogP contribution in [0.5, 0.6) is 0 Å². The van der Waals surface area contributed by atoms with Crippen LogP contribution < -0.4 is 4.90 Å². The zero-order valence-electron chi connectivity index (χ0n) is 17.4. The second kappa shape index (κ2) is 8.65. The Labute approximate surface area is 199 Å². The third kappa shape index (κ3) is 3.92. The number of carbonyl (C=O) groups excluding carboxylic acids is 1. The highest BCUT2D eigenvalue weighted by Gasteiger charge is 2.32. The van der Waals surface area contributed by atoms with Gasteiger partial charge in [-0.05, 0) is 73.3 Å². The molecule has 3 aromatic rings. The van der Waals surface area contributed by atoms with Gasteiger partial charge in [-0.2, -0.15) is 0 Å². The number of amidine groups is 1. The van der Waals surface area contributed by atoms with Crippen molar-refractivity contribution < 1.29 is 4.79 Å². The third-order valence-corrected chi connectivity index (χ3v) is 7.66. The third-order valence-electron chi connectivity index (χ3n) is 5.22. The van der Waals surface area contributed by atoms with Gasteiger partial charge in [0.25, 0.3) is 5.91 Å². The van der Waals surface area contributed by atoms with Gasteiger partial charge in [0.05, 0.1) is 26.8 Å². The topological polar surface area (TPSA) is 48.8 Å². The van der Waals surface area contributed by atoms with E-state index >= 15 is 0 Å². The number of hydrogen-bond acceptors (Lipinski definition) is 6. The number of likely N-dealkylation sites (N-methyl/N-ethyl adjacent to an activating group) is 1. The number of rotatable bonds is 3. The summed E-state index contributed by atoms with van der Waals surface area (Å²) in [5.74, 6) is -0.0261. The van der Waals surface area contributed by atoms with Crippen LogP contribution in [0.25, 0.3) is 10.9 Å². The van der Waals surface area contributed by atoms with Gasteiger partial charge >= 0.3 is 0 Å². The number of anilines is 1. The summed E-state index contributed by atoms with van der Waals surface area (Å²) in [5, 5.41) is 3.46. The first-order valence-electron chi connectivity index (χ1n) is 10.1. The lowest BCUT2D eigenvalue weighted by atomic mass is 10.2. The van der Waals surface area contributed by atoms with Gasteiger partial charge in [-0.15, -0.1) is 0 Å². The fourth-order valence-corrected chi connectivity index (χ4v) is 5.76. The molecule has 1 aromatic heterocycles. The van der Waals surface area contributed by atoms with E-state index in [1.54, 1.807) is 22.9 Å². The van der Waals surface area contributed by atoms with Crippen molar-refractivity contribution in [1.82, 2.24) is 9.88 Å². The van der Waals surface area contributed by atoms with E-state index < -0.39 is 0 Å². The lowest BCUT2D eigenvalue weighted by Crippen LogP contribution is -2.28. The summed E-state index contributed by atoms with van der Waals surface area (Å²) in [6.07, 6.45) is 5.64. The van der Waals surface area contributed by atoms with Crippen molar-refractivity contribution in [2.45, 2.75) is 11.8 Å². The molecule has 1 amide bonds. The highest BCUT2D eigenvalue weighted by Crippen LogP contribution is 2.46. The molecule has 0 atom stereocenters. The maximum atomic E-state index is 13.0. The highest BCUT2D eigenvalue weighted by atomic mass is 35.5. The quantitative estimate of drug-likeness (QED) is 0.405. The molecule has 1 fully saturated rings. The van der Waals surface area contributed by atoms with E-state index in [1.807, 2.05) is 74.7 Å². The summed E-state index contributed by atoms with van der Waals surface area (Å²) in [5.41, 5.74) is 2.80. The maximum absolute atomic E-state index is 13.0. The molecule has 0 aliphatic carbocycles.